The number of rotatable bonds is 3. The highest BCUT2D eigenvalue weighted by atomic mass is 16.1. The molecule has 0 saturated carbocycles. The van der Waals surface area contributed by atoms with Crippen LogP contribution < -0.4 is 0 Å². The third-order valence-electron chi connectivity index (χ3n) is 3.73. The average molecular weight is 232 g/mol. The Morgan fingerprint density at radius 2 is 1.47 bits per heavy atom. The lowest BCUT2D eigenvalue weighted by atomic mass is 9.74. The van der Waals surface area contributed by atoms with Crippen LogP contribution in [0, 0.1) is 27.7 Å². The van der Waals surface area contributed by atoms with Gasteiger partial charge >= 0.3 is 0 Å². The van der Waals surface area contributed by atoms with Crippen LogP contribution in [0.2, 0.25) is 0 Å². The van der Waals surface area contributed by atoms with Crippen molar-refractivity contribution in [1.29, 1.82) is 0 Å². The summed E-state index contributed by atoms with van der Waals surface area (Å²) in [5, 5.41) is 0. The van der Waals surface area contributed by atoms with Crippen LogP contribution in [0.15, 0.2) is 6.07 Å². The van der Waals surface area contributed by atoms with E-state index < -0.39 is 0 Å². The smallest absolute Gasteiger partial charge is 0.130 e. The second kappa shape index (κ2) is 4.64. The summed E-state index contributed by atoms with van der Waals surface area (Å²) in [5.41, 5.74) is 6.58. The molecule has 17 heavy (non-hydrogen) atoms. The monoisotopic (exact) mass is 232 g/mol. The van der Waals surface area contributed by atoms with Crippen LogP contribution in [0.3, 0.4) is 0 Å². The van der Waals surface area contributed by atoms with E-state index in [2.05, 4.69) is 47.6 Å². The molecular weight excluding hydrogens is 208 g/mol. The van der Waals surface area contributed by atoms with Crippen molar-refractivity contribution in [2.75, 3.05) is 0 Å². The van der Waals surface area contributed by atoms with E-state index in [4.69, 9.17) is 0 Å². The second-order valence-electron chi connectivity index (χ2n) is 5.90. The highest BCUT2D eigenvalue weighted by Gasteiger charge is 2.27. The first-order valence-corrected chi connectivity index (χ1v) is 6.24. The molecule has 0 bridgehead atoms. The maximum atomic E-state index is 11.4. The van der Waals surface area contributed by atoms with Gasteiger partial charge in [-0.25, -0.2) is 0 Å². The molecule has 0 N–H and O–H groups in total. The Bertz CT molecular complexity index is 427. The molecule has 94 valence electrons. The van der Waals surface area contributed by atoms with Crippen molar-refractivity contribution in [3.8, 4) is 0 Å². The number of ketones is 1. The second-order valence-corrected chi connectivity index (χ2v) is 5.90. The van der Waals surface area contributed by atoms with Crippen molar-refractivity contribution in [3.63, 3.8) is 0 Å². The van der Waals surface area contributed by atoms with Crippen LogP contribution in [0.1, 0.15) is 55.0 Å². The first-order valence-electron chi connectivity index (χ1n) is 6.24. The molecule has 0 aliphatic carbocycles. The standard InChI is InChI=1S/C16H24O/c1-10-8-11(2)14(5)15(13(10)4)16(6,7)9-12(3)17/h8H,9H2,1-7H3. The van der Waals surface area contributed by atoms with E-state index in [1.165, 1.54) is 27.8 Å². The van der Waals surface area contributed by atoms with Gasteiger partial charge in [-0.2, -0.15) is 0 Å². The Labute approximate surface area is 105 Å². The molecule has 0 radical (unpaired) electrons. The molecule has 0 atom stereocenters. The maximum Gasteiger partial charge on any atom is 0.130 e. The summed E-state index contributed by atoms with van der Waals surface area (Å²) >= 11 is 0. The molecule has 0 spiro atoms. The topological polar surface area (TPSA) is 17.1 Å². The van der Waals surface area contributed by atoms with Crippen molar-refractivity contribution in [2.24, 2.45) is 0 Å². The van der Waals surface area contributed by atoms with Gasteiger partial charge in [-0.15, -0.1) is 0 Å². The van der Waals surface area contributed by atoms with E-state index in [1.54, 1.807) is 6.92 Å². The zero-order valence-corrected chi connectivity index (χ0v) is 12.2. The van der Waals surface area contributed by atoms with Gasteiger partial charge in [-0.1, -0.05) is 19.9 Å². The van der Waals surface area contributed by atoms with E-state index in [1.807, 2.05) is 0 Å². The zero-order chi connectivity index (χ0) is 13.4. The van der Waals surface area contributed by atoms with Crippen LogP contribution in [-0.2, 0) is 10.2 Å². The van der Waals surface area contributed by atoms with Gasteiger partial charge in [0.2, 0.25) is 0 Å². The van der Waals surface area contributed by atoms with Gasteiger partial charge in [0.1, 0.15) is 5.78 Å². The number of carbonyl (C=O) groups excluding carboxylic acids is 1. The quantitative estimate of drug-likeness (QED) is 0.764. The van der Waals surface area contributed by atoms with Crippen LogP contribution in [0.25, 0.3) is 0 Å². The number of carbonyl (C=O) groups is 1. The molecule has 0 amide bonds. The van der Waals surface area contributed by atoms with Gasteiger partial charge in [0.25, 0.3) is 0 Å². The minimum Gasteiger partial charge on any atom is -0.300 e. The summed E-state index contributed by atoms with van der Waals surface area (Å²) in [4.78, 5) is 11.4. The first kappa shape index (κ1) is 14.0. The van der Waals surface area contributed by atoms with Crippen molar-refractivity contribution < 1.29 is 4.79 Å². The molecule has 0 aliphatic rings. The number of aryl methyl sites for hydroxylation is 2. The molecule has 1 nitrogen and oxygen atoms in total. The molecule has 0 heterocycles. The lowest BCUT2D eigenvalue weighted by Gasteiger charge is -2.30. The average Bonchev–Trinajstić information content (AvgIpc) is 2.12. The predicted molar refractivity (Wildman–Crippen MR) is 73.7 cm³/mol. The lowest BCUT2D eigenvalue weighted by molar-refractivity contribution is -0.118. The van der Waals surface area contributed by atoms with Crippen molar-refractivity contribution >= 4 is 5.78 Å². The molecule has 0 aliphatic heterocycles. The molecule has 1 heteroatoms. The van der Waals surface area contributed by atoms with Gasteiger partial charge in [-0.05, 0) is 67.9 Å². The van der Waals surface area contributed by atoms with Gasteiger partial charge in [0.05, 0.1) is 0 Å². The van der Waals surface area contributed by atoms with Gasteiger partial charge in [0.15, 0.2) is 0 Å². The van der Waals surface area contributed by atoms with Gasteiger partial charge in [0, 0.05) is 6.42 Å². The fourth-order valence-electron chi connectivity index (χ4n) is 2.94. The Morgan fingerprint density at radius 1 is 1.06 bits per heavy atom. The highest BCUT2D eigenvalue weighted by Crippen LogP contribution is 2.35. The SMILES string of the molecule is CC(=O)CC(C)(C)c1c(C)c(C)cc(C)c1C. The third kappa shape index (κ3) is 2.77. The molecule has 0 saturated heterocycles. The predicted octanol–water partition coefficient (Wildman–Crippen LogP) is 4.18. The van der Waals surface area contributed by atoms with Crippen molar-refractivity contribution in [3.05, 3.63) is 33.9 Å². The summed E-state index contributed by atoms with van der Waals surface area (Å²) in [6, 6.07) is 2.23. The summed E-state index contributed by atoms with van der Waals surface area (Å²) in [5.74, 6) is 0.257. The number of Topliss-reactive ketones (excluding diaryl/α,β-unsaturated/α-hetero) is 1. The van der Waals surface area contributed by atoms with E-state index in [0.717, 1.165) is 0 Å². The minimum absolute atomic E-state index is 0.0726. The largest absolute Gasteiger partial charge is 0.300 e. The lowest BCUT2D eigenvalue weighted by Crippen LogP contribution is -2.24. The number of hydrogen-bond acceptors (Lipinski definition) is 1. The first-order chi connectivity index (χ1) is 7.66. The Hall–Kier alpha value is -1.11. The summed E-state index contributed by atoms with van der Waals surface area (Å²) in [6.45, 7) is 14.6. The maximum absolute atomic E-state index is 11.4. The third-order valence-corrected chi connectivity index (χ3v) is 3.73. The minimum atomic E-state index is -0.0726. The van der Waals surface area contributed by atoms with Gasteiger partial charge in [-0.3, -0.25) is 4.79 Å². The highest BCUT2D eigenvalue weighted by molar-refractivity contribution is 5.77. The Balaban J connectivity index is 3.44. The number of hydrogen-bond donors (Lipinski definition) is 0. The van der Waals surface area contributed by atoms with E-state index >= 15 is 0 Å². The summed E-state index contributed by atoms with van der Waals surface area (Å²) in [7, 11) is 0. The molecule has 0 fully saturated rings. The van der Waals surface area contributed by atoms with Crippen LogP contribution >= 0.6 is 0 Å². The normalized spacial score (nSPS) is 11.7. The van der Waals surface area contributed by atoms with Gasteiger partial charge < -0.3 is 0 Å². The van der Waals surface area contributed by atoms with Crippen molar-refractivity contribution in [2.45, 2.75) is 60.3 Å². The van der Waals surface area contributed by atoms with Crippen LogP contribution in [0.5, 0.6) is 0 Å². The fourth-order valence-corrected chi connectivity index (χ4v) is 2.94. The Kier molecular flexibility index (Phi) is 3.81. The zero-order valence-electron chi connectivity index (χ0n) is 12.2. The summed E-state index contributed by atoms with van der Waals surface area (Å²) < 4.78 is 0. The molecular formula is C16H24O. The van der Waals surface area contributed by atoms with E-state index in [9.17, 15) is 4.79 Å². The Morgan fingerprint density at radius 3 is 1.82 bits per heavy atom. The molecule has 0 unspecified atom stereocenters. The molecule has 1 rings (SSSR count). The van der Waals surface area contributed by atoms with E-state index in [-0.39, 0.29) is 11.2 Å². The van der Waals surface area contributed by atoms with E-state index in [0.29, 0.717) is 6.42 Å². The molecule has 0 aromatic heterocycles. The molecule has 1 aromatic carbocycles. The molecule has 1 aromatic rings. The van der Waals surface area contributed by atoms with Crippen LogP contribution in [-0.4, -0.2) is 5.78 Å². The number of benzene rings is 1. The fraction of sp³-hybridized carbons (Fsp3) is 0.562. The van der Waals surface area contributed by atoms with Crippen molar-refractivity contribution in [1.82, 2.24) is 0 Å². The van der Waals surface area contributed by atoms with Crippen LogP contribution in [0.4, 0.5) is 0 Å². The summed E-state index contributed by atoms with van der Waals surface area (Å²) in [6.07, 6.45) is 0.609.